The standard InChI is InChI=1S/C20H17N3O6/c1-2-17(24)22-18(11-5-6-15-16(8-11)29-10-28-15)13-9-14(23(26)27)12-4-3-7-21-19(12)20(13)25/h3-9,18,25H,2,10H2,1H3,(H,22,24)/p-1/t18-/m0/s1. The number of amides is 1. The van der Waals surface area contributed by atoms with Crippen LogP contribution in [0.1, 0.15) is 30.5 Å². The maximum Gasteiger partial charge on any atom is 0.279 e. The van der Waals surface area contributed by atoms with Gasteiger partial charge in [-0.1, -0.05) is 18.7 Å². The number of ether oxygens (including phenoxy) is 2. The molecule has 1 N–H and O–H groups in total. The number of nitrogens with one attached hydrogen (secondary N) is 1. The summed E-state index contributed by atoms with van der Waals surface area (Å²) in [7, 11) is 0. The molecule has 29 heavy (non-hydrogen) atoms. The van der Waals surface area contributed by atoms with Crippen molar-refractivity contribution in [3.05, 3.63) is 63.8 Å². The van der Waals surface area contributed by atoms with Crippen LogP contribution in [-0.2, 0) is 4.79 Å². The van der Waals surface area contributed by atoms with Crippen LogP contribution in [0.3, 0.4) is 0 Å². The van der Waals surface area contributed by atoms with Gasteiger partial charge in [-0.25, -0.2) is 0 Å². The molecule has 1 atom stereocenters. The highest BCUT2D eigenvalue weighted by Gasteiger charge is 2.25. The van der Waals surface area contributed by atoms with Crippen LogP contribution in [0.2, 0.25) is 0 Å². The third-order valence-corrected chi connectivity index (χ3v) is 4.72. The van der Waals surface area contributed by atoms with Crippen LogP contribution in [0.4, 0.5) is 5.69 Å². The summed E-state index contributed by atoms with van der Waals surface area (Å²) in [5.74, 6) is 0.225. The van der Waals surface area contributed by atoms with Gasteiger partial charge in [0.2, 0.25) is 12.7 Å². The monoisotopic (exact) mass is 394 g/mol. The summed E-state index contributed by atoms with van der Waals surface area (Å²) < 4.78 is 10.7. The zero-order chi connectivity index (χ0) is 20.5. The van der Waals surface area contributed by atoms with Gasteiger partial charge in [-0.15, -0.1) is 0 Å². The molecule has 0 radical (unpaired) electrons. The second-order valence-electron chi connectivity index (χ2n) is 6.44. The first-order valence-corrected chi connectivity index (χ1v) is 8.91. The zero-order valence-corrected chi connectivity index (χ0v) is 15.4. The van der Waals surface area contributed by atoms with Crippen molar-refractivity contribution >= 4 is 22.5 Å². The molecule has 0 saturated carbocycles. The van der Waals surface area contributed by atoms with Crippen molar-refractivity contribution in [1.82, 2.24) is 10.3 Å². The Morgan fingerprint density at radius 3 is 2.83 bits per heavy atom. The molecule has 0 unspecified atom stereocenters. The van der Waals surface area contributed by atoms with Gasteiger partial charge in [0.25, 0.3) is 5.69 Å². The van der Waals surface area contributed by atoms with Gasteiger partial charge in [0.15, 0.2) is 11.5 Å². The second kappa shape index (κ2) is 7.27. The molecule has 3 aromatic rings. The van der Waals surface area contributed by atoms with E-state index in [1.54, 1.807) is 25.1 Å². The van der Waals surface area contributed by atoms with Crippen LogP contribution in [-0.4, -0.2) is 22.6 Å². The Morgan fingerprint density at radius 2 is 2.07 bits per heavy atom. The van der Waals surface area contributed by atoms with E-state index in [2.05, 4.69) is 10.3 Å². The van der Waals surface area contributed by atoms with Crippen molar-refractivity contribution in [2.24, 2.45) is 0 Å². The van der Waals surface area contributed by atoms with Crippen LogP contribution in [0.15, 0.2) is 42.6 Å². The van der Waals surface area contributed by atoms with Crippen LogP contribution in [0, 0.1) is 10.1 Å². The van der Waals surface area contributed by atoms with Gasteiger partial charge in [0.05, 0.1) is 21.9 Å². The number of hydrogen-bond donors (Lipinski definition) is 1. The molecule has 0 saturated heterocycles. The molecule has 0 fully saturated rings. The molecule has 9 nitrogen and oxygen atoms in total. The third-order valence-electron chi connectivity index (χ3n) is 4.72. The molecule has 0 aliphatic carbocycles. The quantitative estimate of drug-likeness (QED) is 0.520. The summed E-state index contributed by atoms with van der Waals surface area (Å²) in [5.41, 5.74) is 0.327. The topological polar surface area (TPSA) is 127 Å². The first-order chi connectivity index (χ1) is 14.0. The van der Waals surface area contributed by atoms with Gasteiger partial charge in [-0.05, 0) is 35.4 Å². The minimum atomic E-state index is -0.908. The molecular formula is C20H16N3O6-. The number of carbonyl (C=O) groups is 1. The van der Waals surface area contributed by atoms with E-state index in [4.69, 9.17) is 9.47 Å². The summed E-state index contributed by atoms with van der Waals surface area (Å²) in [6, 6.07) is 8.31. The molecule has 2 heterocycles. The Kier molecular flexibility index (Phi) is 4.63. The average molecular weight is 394 g/mol. The van der Waals surface area contributed by atoms with Crippen molar-refractivity contribution in [2.45, 2.75) is 19.4 Å². The number of benzene rings is 2. The van der Waals surface area contributed by atoms with E-state index >= 15 is 0 Å². The van der Waals surface area contributed by atoms with E-state index in [0.29, 0.717) is 17.1 Å². The lowest BCUT2D eigenvalue weighted by atomic mass is 9.95. The molecule has 1 amide bonds. The van der Waals surface area contributed by atoms with E-state index < -0.39 is 16.7 Å². The van der Waals surface area contributed by atoms with Crippen molar-refractivity contribution in [3.8, 4) is 17.2 Å². The minimum absolute atomic E-state index is 0.0202. The first-order valence-electron chi connectivity index (χ1n) is 8.91. The summed E-state index contributed by atoms with van der Waals surface area (Å²) in [4.78, 5) is 27.3. The Bertz CT molecular complexity index is 1130. The number of pyridine rings is 1. The van der Waals surface area contributed by atoms with E-state index in [1.807, 2.05) is 0 Å². The van der Waals surface area contributed by atoms with Gasteiger partial charge in [0.1, 0.15) is 0 Å². The summed E-state index contributed by atoms with van der Waals surface area (Å²) in [5, 5.41) is 27.7. The first kappa shape index (κ1) is 18.5. The van der Waals surface area contributed by atoms with Crippen molar-refractivity contribution in [2.75, 3.05) is 6.79 Å². The smallest absolute Gasteiger partial charge is 0.279 e. The summed E-state index contributed by atoms with van der Waals surface area (Å²) in [6.45, 7) is 1.75. The normalized spacial score (nSPS) is 13.3. The van der Waals surface area contributed by atoms with Gasteiger partial charge in [0, 0.05) is 18.7 Å². The molecule has 1 aromatic heterocycles. The number of carbonyl (C=O) groups excluding carboxylic acids is 1. The van der Waals surface area contributed by atoms with Crippen molar-refractivity contribution < 1.29 is 24.3 Å². The molecule has 1 aliphatic heterocycles. The Hall–Kier alpha value is -3.88. The van der Waals surface area contributed by atoms with Crippen LogP contribution in [0.5, 0.6) is 17.2 Å². The third kappa shape index (κ3) is 3.27. The van der Waals surface area contributed by atoms with Crippen LogP contribution < -0.4 is 19.9 Å². The highest BCUT2D eigenvalue weighted by Crippen LogP contribution is 2.40. The van der Waals surface area contributed by atoms with Crippen LogP contribution >= 0.6 is 0 Å². The van der Waals surface area contributed by atoms with Gasteiger partial charge in [-0.2, -0.15) is 0 Å². The number of nitrogens with zero attached hydrogens (tertiary/aromatic N) is 2. The lowest BCUT2D eigenvalue weighted by Crippen LogP contribution is -2.29. The highest BCUT2D eigenvalue weighted by atomic mass is 16.7. The molecule has 2 aromatic carbocycles. The minimum Gasteiger partial charge on any atom is -0.871 e. The van der Waals surface area contributed by atoms with E-state index in [9.17, 15) is 20.0 Å². The maximum atomic E-state index is 13.1. The molecule has 9 heteroatoms. The number of nitro groups is 1. The fourth-order valence-electron chi connectivity index (χ4n) is 3.28. The number of hydrogen-bond acceptors (Lipinski definition) is 7. The Morgan fingerprint density at radius 1 is 1.28 bits per heavy atom. The largest absolute Gasteiger partial charge is 0.871 e. The molecular weight excluding hydrogens is 378 g/mol. The summed E-state index contributed by atoms with van der Waals surface area (Å²) >= 11 is 0. The van der Waals surface area contributed by atoms with E-state index in [0.717, 1.165) is 0 Å². The SMILES string of the molecule is CCC(=O)N[C@@H](c1ccc2c(c1)OCO2)c1cc([N+](=O)[O-])c2cccnc2c1[O-]. The number of aromatic nitrogens is 1. The number of rotatable bonds is 5. The van der Waals surface area contributed by atoms with Gasteiger partial charge >= 0.3 is 0 Å². The number of non-ortho nitro benzene ring substituents is 1. The number of fused-ring (bicyclic) bond motifs is 2. The molecule has 4 rings (SSSR count). The Balaban J connectivity index is 1.93. The van der Waals surface area contributed by atoms with Crippen LogP contribution in [0.25, 0.3) is 10.9 Å². The maximum absolute atomic E-state index is 13.1. The lowest BCUT2D eigenvalue weighted by Gasteiger charge is -2.25. The van der Waals surface area contributed by atoms with Crippen molar-refractivity contribution in [3.63, 3.8) is 0 Å². The predicted molar refractivity (Wildman–Crippen MR) is 101 cm³/mol. The predicted octanol–water partition coefficient (Wildman–Crippen LogP) is 2.56. The van der Waals surface area contributed by atoms with E-state index in [-0.39, 0.29) is 41.3 Å². The number of nitro benzene ring substituents is 1. The molecule has 0 spiro atoms. The Labute approximate surface area is 165 Å². The van der Waals surface area contributed by atoms with Gasteiger partial charge in [-0.3, -0.25) is 19.9 Å². The van der Waals surface area contributed by atoms with Crippen molar-refractivity contribution in [1.29, 1.82) is 0 Å². The molecule has 1 aliphatic rings. The summed E-state index contributed by atoms with van der Waals surface area (Å²) in [6.07, 6.45) is 1.58. The lowest BCUT2D eigenvalue weighted by molar-refractivity contribution is -0.383. The zero-order valence-electron chi connectivity index (χ0n) is 15.4. The molecule has 0 bridgehead atoms. The molecule has 148 valence electrons. The van der Waals surface area contributed by atoms with E-state index in [1.165, 1.54) is 24.4 Å². The van der Waals surface area contributed by atoms with Gasteiger partial charge < -0.3 is 19.9 Å². The fraction of sp³-hybridized carbons (Fsp3) is 0.200. The average Bonchev–Trinajstić information content (AvgIpc) is 3.20. The second-order valence-corrected chi connectivity index (χ2v) is 6.44. The fourth-order valence-corrected chi connectivity index (χ4v) is 3.28. The highest BCUT2D eigenvalue weighted by molar-refractivity contribution is 5.93.